The summed E-state index contributed by atoms with van der Waals surface area (Å²) >= 11 is 0. The van der Waals surface area contributed by atoms with Gasteiger partial charge in [0.1, 0.15) is 11.6 Å². The first-order valence-corrected chi connectivity index (χ1v) is 8.50. The lowest BCUT2D eigenvalue weighted by atomic mass is 10.1. The molecule has 6 heteroatoms. The Morgan fingerprint density at radius 1 is 1.15 bits per heavy atom. The highest BCUT2D eigenvalue weighted by molar-refractivity contribution is 5.78. The second kappa shape index (κ2) is 7.91. The van der Waals surface area contributed by atoms with E-state index in [9.17, 15) is 14.0 Å². The van der Waals surface area contributed by atoms with Crippen molar-refractivity contribution in [1.82, 2.24) is 14.9 Å². The minimum absolute atomic E-state index is 0.114. The van der Waals surface area contributed by atoms with Crippen molar-refractivity contribution in [3.05, 3.63) is 76.1 Å². The third-order valence-corrected chi connectivity index (χ3v) is 4.28. The Kier molecular flexibility index (Phi) is 5.41. The lowest BCUT2D eigenvalue weighted by Gasteiger charge is -2.09. The number of amides is 1. The number of benzene rings is 2. The summed E-state index contributed by atoms with van der Waals surface area (Å²) in [5.41, 5.74) is 1.36. The number of carbonyl (C=O) groups excluding carboxylic acids is 1. The second-order valence-corrected chi connectivity index (χ2v) is 6.14. The molecule has 0 atom stereocenters. The summed E-state index contributed by atoms with van der Waals surface area (Å²) in [5, 5.41) is 3.38. The molecule has 1 heterocycles. The number of nitrogens with one attached hydrogen (secondary N) is 1. The molecule has 0 aliphatic heterocycles. The van der Waals surface area contributed by atoms with Crippen LogP contribution in [0.25, 0.3) is 10.9 Å². The zero-order chi connectivity index (χ0) is 18.5. The number of halogens is 1. The molecule has 0 saturated heterocycles. The first-order valence-electron chi connectivity index (χ1n) is 8.50. The zero-order valence-corrected chi connectivity index (χ0v) is 14.5. The van der Waals surface area contributed by atoms with Crippen LogP contribution in [0.1, 0.15) is 17.8 Å². The van der Waals surface area contributed by atoms with Crippen LogP contribution in [0.4, 0.5) is 4.39 Å². The van der Waals surface area contributed by atoms with Gasteiger partial charge in [0.2, 0.25) is 5.91 Å². The lowest BCUT2D eigenvalue weighted by molar-refractivity contribution is -0.121. The van der Waals surface area contributed by atoms with E-state index in [-0.39, 0.29) is 23.7 Å². The molecule has 3 aromatic rings. The SMILES string of the molecule is Cn1c(CCC(=O)NCCc2cccc(F)c2)nc2ccccc2c1=O. The third-order valence-electron chi connectivity index (χ3n) is 4.28. The molecule has 0 radical (unpaired) electrons. The van der Waals surface area contributed by atoms with Crippen LogP contribution in [0, 0.1) is 5.82 Å². The van der Waals surface area contributed by atoms with Gasteiger partial charge in [-0.1, -0.05) is 24.3 Å². The number of aromatic nitrogens is 2. The maximum atomic E-state index is 13.1. The summed E-state index contributed by atoms with van der Waals surface area (Å²) < 4.78 is 14.6. The van der Waals surface area contributed by atoms with Crippen LogP contribution in [-0.2, 0) is 24.7 Å². The van der Waals surface area contributed by atoms with Crippen molar-refractivity contribution < 1.29 is 9.18 Å². The van der Waals surface area contributed by atoms with Gasteiger partial charge >= 0.3 is 0 Å². The number of hydrogen-bond donors (Lipinski definition) is 1. The van der Waals surface area contributed by atoms with Crippen molar-refractivity contribution in [2.24, 2.45) is 7.05 Å². The van der Waals surface area contributed by atoms with Gasteiger partial charge in [-0.2, -0.15) is 0 Å². The molecule has 2 aromatic carbocycles. The molecular weight excluding hydrogens is 333 g/mol. The normalized spacial score (nSPS) is 10.8. The molecular formula is C20H20FN3O2. The number of fused-ring (bicyclic) bond motifs is 1. The number of rotatable bonds is 6. The van der Waals surface area contributed by atoms with Crippen LogP contribution < -0.4 is 10.9 Å². The van der Waals surface area contributed by atoms with Gasteiger partial charge in [-0.05, 0) is 36.2 Å². The van der Waals surface area contributed by atoms with Crippen molar-refractivity contribution in [2.75, 3.05) is 6.54 Å². The van der Waals surface area contributed by atoms with Crippen molar-refractivity contribution in [3.63, 3.8) is 0 Å². The molecule has 5 nitrogen and oxygen atoms in total. The summed E-state index contributed by atoms with van der Waals surface area (Å²) in [6.45, 7) is 0.437. The predicted molar refractivity (Wildman–Crippen MR) is 98.4 cm³/mol. The van der Waals surface area contributed by atoms with Crippen LogP contribution in [0.3, 0.4) is 0 Å². The Bertz CT molecular complexity index is 998. The van der Waals surface area contributed by atoms with Gasteiger partial charge in [0, 0.05) is 26.4 Å². The number of hydrogen-bond acceptors (Lipinski definition) is 3. The molecule has 0 aliphatic carbocycles. The fourth-order valence-corrected chi connectivity index (χ4v) is 2.84. The van der Waals surface area contributed by atoms with Crippen LogP contribution in [0.2, 0.25) is 0 Å². The van der Waals surface area contributed by atoms with Crippen LogP contribution >= 0.6 is 0 Å². The van der Waals surface area contributed by atoms with E-state index in [4.69, 9.17) is 0 Å². The van der Waals surface area contributed by atoms with E-state index in [1.807, 2.05) is 12.1 Å². The van der Waals surface area contributed by atoms with Crippen molar-refractivity contribution in [2.45, 2.75) is 19.3 Å². The second-order valence-electron chi connectivity index (χ2n) is 6.14. The summed E-state index contributed by atoms with van der Waals surface area (Å²) in [4.78, 5) is 28.9. The van der Waals surface area contributed by atoms with E-state index in [2.05, 4.69) is 10.3 Å². The molecule has 134 valence electrons. The van der Waals surface area contributed by atoms with Crippen molar-refractivity contribution in [3.8, 4) is 0 Å². The van der Waals surface area contributed by atoms with E-state index < -0.39 is 0 Å². The first kappa shape index (κ1) is 17.8. The lowest BCUT2D eigenvalue weighted by Crippen LogP contribution is -2.28. The average Bonchev–Trinajstić information content (AvgIpc) is 2.63. The fraction of sp³-hybridized carbons (Fsp3) is 0.250. The van der Waals surface area contributed by atoms with Gasteiger partial charge in [-0.3, -0.25) is 14.2 Å². The zero-order valence-electron chi connectivity index (χ0n) is 14.5. The monoisotopic (exact) mass is 353 g/mol. The Labute approximate surface area is 150 Å². The van der Waals surface area contributed by atoms with E-state index in [1.54, 1.807) is 31.3 Å². The van der Waals surface area contributed by atoms with Crippen LogP contribution in [0.15, 0.2) is 53.3 Å². The Balaban J connectivity index is 1.57. The molecule has 26 heavy (non-hydrogen) atoms. The number of para-hydroxylation sites is 1. The predicted octanol–water partition coefficient (Wildman–Crippen LogP) is 2.36. The minimum Gasteiger partial charge on any atom is -0.356 e. The third kappa shape index (κ3) is 4.14. The molecule has 0 bridgehead atoms. The summed E-state index contributed by atoms with van der Waals surface area (Å²) in [5.74, 6) is 0.176. The molecule has 0 unspecified atom stereocenters. The first-order chi connectivity index (χ1) is 12.5. The van der Waals surface area contributed by atoms with Gasteiger partial charge < -0.3 is 5.32 Å². The fourth-order valence-electron chi connectivity index (χ4n) is 2.84. The van der Waals surface area contributed by atoms with Crippen molar-refractivity contribution >= 4 is 16.8 Å². The molecule has 3 rings (SSSR count). The van der Waals surface area contributed by atoms with E-state index in [0.29, 0.717) is 36.1 Å². The maximum absolute atomic E-state index is 13.1. The maximum Gasteiger partial charge on any atom is 0.261 e. The number of aryl methyl sites for hydroxylation is 1. The van der Waals surface area contributed by atoms with Crippen LogP contribution in [-0.4, -0.2) is 22.0 Å². The van der Waals surface area contributed by atoms with Gasteiger partial charge in [0.15, 0.2) is 0 Å². The summed E-state index contributed by atoms with van der Waals surface area (Å²) in [7, 11) is 1.67. The smallest absolute Gasteiger partial charge is 0.261 e. The standard InChI is InChI=1S/C20H20FN3O2/c1-24-18(23-17-8-3-2-7-16(17)20(24)26)9-10-19(25)22-12-11-14-5-4-6-15(21)13-14/h2-8,13H,9-12H2,1H3,(H,22,25). The topological polar surface area (TPSA) is 64.0 Å². The highest BCUT2D eigenvalue weighted by atomic mass is 19.1. The van der Waals surface area contributed by atoms with E-state index in [1.165, 1.54) is 16.7 Å². The minimum atomic E-state index is -0.280. The summed E-state index contributed by atoms with van der Waals surface area (Å²) in [6, 6.07) is 13.5. The average molecular weight is 353 g/mol. The highest BCUT2D eigenvalue weighted by Crippen LogP contribution is 2.08. The molecule has 0 saturated carbocycles. The summed E-state index contributed by atoms with van der Waals surface area (Å²) in [6.07, 6.45) is 1.18. The molecule has 1 amide bonds. The van der Waals surface area contributed by atoms with Gasteiger partial charge in [0.05, 0.1) is 10.9 Å². The van der Waals surface area contributed by atoms with Gasteiger partial charge in [-0.15, -0.1) is 0 Å². The van der Waals surface area contributed by atoms with Crippen LogP contribution in [0.5, 0.6) is 0 Å². The quantitative estimate of drug-likeness (QED) is 0.740. The Morgan fingerprint density at radius 3 is 2.77 bits per heavy atom. The van der Waals surface area contributed by atoms with E-state index in [0.717, 1.165) is 5.56 Å². The van der Waals surface area contributed by atoms with E-state index >= 15 is 0 Å². The van der Waals surface area contributed by atoms with Crippen molar-refractivity contribution in [1.29, 1.82) is 0 Å². The molecule has 0 aliphatic rings. The number of carbonyl (C=O) groups is 1. The highest BCUT2D eigenvalue weighted by Gasteiger charge is 2.10. The molecule has 0 fully saturated rings. The Hall–Kier alpha value is -3.02. The molecule has 0 spiro atoms. The largest absolute Gasteiger partial charge is 0.356 e. The molecule has 1 aromatic heterocycles. The van der Waals surface area contributed by atoms with Gasteiger partial charge in [-0.25, -0.2) is 9.37 Å². The van der Waals surface area contributed by atoms with Gasteiger partial charge in [0.25, 0.3) is 5.56 Å². The molecule has 1 N–H and O–H groups in total. The Morgan fingerprint density at radius 2 is 1.96 bits per heavy atom. The number of nitrogens with zero attached hydrogens (tertiary/aromatic N) is 2.